The second kappa shape index (κ2) is 5.89. The molecule has 0 saturated carbocycles. The second-order valence-electron chi connectivity index (χ2n) is 4.16. The number of aliphatic hydroxyl groups is 1. The second-order valence-corrected chi connectivity index (χ2v) is 6.14. The highest BCUT2D eigenvalue weighted by atomic mass is 32.2. The van der Waals surface area contributed by atoms with Crippen LogP contribution in [0.5, 0.6) is 0 Å². The molecule has 1 N–H and O–H groups in total. The molecular formula is C11H14F3NO3S. The molecule has 0 heterocycles. The molecule has 1 unspecified atom stereocenters. The van der Waals surface area contributed by atoms with E-state index in [1.54, 1.807) is 0 Å². The molecule has 0 fully saturated rings. The Labute approximate surface area is 109 Å². The molecule has 0 saturated heterocycles. The third-order valence-electron chi connectivity index (χ3n) is 2.49. The average Bonchev–Trinajstić information content (AvgIpc) is 2.23. The van der Waals surface area contributed by atoms with Crippen LogP contribution in [0, 0.1) is 17.5 Å². The van der Waals surface area contributed by atoms with Crippen molar-refractivity contribution in [2.45, 2.75) is 24.3 Å². The van der Waals surface area contributed by atoms with Gasteiger partial charge in [-0.3, -0.25) is 0 Å². The smallest absolute Gasteiger partial charge is 0.248 e. The Bertz CT molecular complexity index is 537. The topological polar surface area (TPSA) is 57.6 Å². The van der Waals surface area contributed by atoms with Gasteiger partial charge in [0.25, 0.3) is 0 Å². The maximum Gasteiger partial charge on any atom is 0.248 e. The predicted molar refractivity (Wildman–Crippen MR) is 62.4 cm³/mol. The minimum atomic E-state index is -4.41. The van der Waals surface area contributed by atoms with Crippen molar-refractivity contribution in [3.8, 4) is 0 Å². The van der Waals surface area contributed by atoms with Crippen LogP contribution in [0.4, 0.5) is 13.2 Å². The summed E-state index contributed by atoms with van der Waals surface area (Å²) in [7, 11) is -3.28. The van der Waals surface area contributed by atoms with E-state index in [4.69, 9.17) is 5.11 Å². The summed E-state index contributed by atoms with van der Waals surface area (Å²) in [5, 5.41) is 9.06. The molecule has 0 aliphatic heterocycles. The summed E-state index contributed by atoms with van der Waals surface area (Å²) in [5.74, 6) is -4.16. The normalized spacial score (nSPS) is 13.8. The van der Waals surface area contributed by atoms with E-state index < -0.39 is 38.5 Å². The van der Waals surface area contributed by atoms with Crippen LogP contribution in [0.1, 0.15) is 13.3 Å². The number of nitrogens with zero attached hydrogens (tertiary/aromatic N) is 1. The van der Waals surface area contributed by atoms with Gasteiger partial charge in [0.2, 0.25) is 10.0 Å². The Balaban J connectivity index is 3.14. The Hall–Kier alpha value is -1.12. The third-order valence-corrected chi connectivity index (χ3v) is 4.40. The minimum absolute atomic E-state index is 0.111. The first kappa shape index (κ1) is 15.9. The first-order chi connectivity index (χ1) is 8.66. The molecule has 0 spiro atoms. The summed E-state index contributed by atoms with van der Waals surface area (Å²) >= 11 is 0. The summed E-state index contributed by atoms with van der Waals surface area (Å²) < 4.78 is 64.2. The van der Waals surface area contributed by atoms with E-state index in [0.717, 1.165) is 7.05 Å². The van der Waals surface area contributed by atoms with E-state index >= 15 is 0 Å². The van der Waals surface area contributed by atoms with Crippen molar-refractivity contribution in [1.82, 2.24) is 4.31 Å². The van der Waals surface area contributed by atoms with E-state index in [0.29, 0.717) is 16.4 Å². The van der Waals surface area contributed by atoms with Crippen molar-refractivity contribution >= 4 is 10.0 Å². The quantitative estimate of drug-likeness (QED) is 0.896. The van der Waals surface area contributed by atoms with Crippen LogP contribution in [0.15, 0.2) is 17.0 Å². The van der Waals surface area contributed by atoms with Crippen LogP contribution in [0.2, 0.25) is 0 Å². The van der Waals surface area contributed by atoms with Gasteiger partial charge >= 0.3 is 0 Å². The largest absolute Gasteiger partial charge is 0.393 e. The molecule has 0 aromatic heterocycles. The van der Waals surface area contributed by atoms with Gasteiger partial charge in [-0.05, 0) is 13.3 Å². The van der Waals surface area contributed by atoms with E-state index in [-0.39, 0.29) is 13.0 Å². The van der Waals surface area contributed by atoms with Crippen LogP contribution in [-0.2, 0) is 10.0 Å². The van der Waals surface area contributed by atoms with Crippen molar-refractivity contribution in [3.63, 3.8) is 0 Å². The van der Waals surface area contributed by atoms with Crippen molar-refractivity contribution in [2.75, 3.05) is 13.6 Å². The van der Waals surface area contributed by atoms with Gasteiger partial charge in [0.05, 0.1) is 6.10 Å². The standard InChI is InChI=1S/C11H14F3NO3S/c1-7(16)3-4-15(2)19(17,18)11-9(13)5-8(12)6-10(11)14/h5-7,16H,3-4H2,1-2H3. The number of halogens is 3. The lowest BCUT2D eigenvalue weighted by atomic mass is 10.3. The van der Waals surface area contributed by atoms with Crippen LogP contribution in [0.3, 0.4) is 0 Å². The van der Waals surface area contributed by atoms with Crippen LogP contribution in [-0.4, -0.2) is 37.5 Å². The summed E-state index contributed by atoms with van der Waals surface area (Å²) in [5.41, 5.74) is 0. The first-order valence-electron chi connectivity index (χ1n) is 5.45. The van der Waals surface area contributed by atoms with Crippen molar-refractivity contribution in [2.24, 2.45) is 0 Å². The zero-order valence-corrected chi connectivity index (χ0v) is 11.2. The van der Waals surface area contributed by atoms with E-state index in [1.165, 1.54) is 6.92 Å². The number of benzene rings is 1. The zero-order valence-electron chi connectivity index (χ0n) is 10.4. The van der Waals surface area contributed by atoms with Crippen LogP contribution >= 0.6 is 0 Å². The molecule has 1 atom stereocenters. The lowest BCUT2D eigenvalue weighted by molar-refractivity contribution is 0.177. The van der Waals surface area contributed by atoms with Crippen molar-refractivity contribution in [1.29, 1.82) is 0 Å². The summed E-state index contributed by atoms with van der Waals surface area (Å²) in [6, 6.07) is 0.608. The maximum absolute atomic E-state index is 13.4. The van der Waals surface area contributed by atoms with Gasteiger partial charge in [0.15, 0.2) is 4.90 Å². The average molecular weight is 297 g/mol. The lowest BCUT2D eigenvalue weighted by Crippen LogP contribution is -2.31. The summed E-state index contributed by atoms with van der Waals surface area (Å²) in [4.78, 5) is -1.19. The molecule has 0 bridgehead atoms. The summed E-state index contributed by atoms with van der Waals surface area (Å²) in [6.45, 7) is 1.34. The molecule has 0 amide bonds. The van der Waals surface area contributed by atoms with Gasteiger partial charge in [-0.2, -0.15) is 0 Å². The van der Waals surface area contributed by atoms with Gasteiger partial charge in [0.1, 0.15) is 17.5 Å². The highest BCUT2D eigenvalue weighted by molar-refractivity contribution is 7.89. The molecule has 8 heteroatoms. The number of hydrogen-bond donors (Lipinski definition) is 1. The fourth-order valence-corrected chi connectivity index (χ4v) is 2.69. The molecule has 0 radical (unpaired) electrons. The van der Waals surface area contributed by atoms with Gasteiger partial charge in [-0.25, -0.2) is 25.9 Å². The molecular weight excluding hydrogens is 283 g/mol. The van der Waals surface area contributed by atoms with Crippen molar-refractivity contribution < 1.29 is 26.7 Å². The molecule has 4 nitrogen and oxygen atoms in total. The van der Waals surface area contributed by atoms with Gasteiger partial charge in [-0.15, -0.1) is 0 Å². The lowest BCUT2D eigenvalue weighted by Gasteiger charge is -2.18. The maximum atomic E-state index is 13.4. The van der Waals surface area contributed by atoms with E-state index in [9.17, 15) is 21.6 Å². The molecule has 1 aromatic carbocycles. The first-order valence-corrected chi connectivity index (χ1v) is 6.89. The highest BCUT2D eigenvalue weighted by Gasteiger charge is 2.29. The van der Waals surface area contributed by atoms with E-state index in [1.807, 2.05) is 0 Å². The Morgan fingerprint density at radius 3 is 2.16 bits per heavy atom. The monoisotopic (exact) mass is 297 g/mol. The van der Waals surface area contributed by atoms with Gasteiger partial charge in [0, 0.05) is 25.7 Å². The minimum Gasteiger partial charge on any atom is -0.393 e. The predicted octanol–water partition coefficient (Wildman–Crippen LogP) is 1.50. The fraction of sp³-hybridized carbons (Fsp3) is 0.455. The molecule has 1 rings (SSSR count). The molecule has 19 heavy (non-hydrogen) atoms. The summed E-state index contributed by atoms with van der Waals surface area (Å²) in [6.07, 6.45) is -0.638. The molecule has 0 aliphatic rings. The van der Waals surface area contributed by atoms with Gasteiger partial charge < -0.3 is 5.11 Å². The van der Waals surface area contributed by atoms with Crippen LogP contribution in [0.25, 0.3) is 0 Å². The van der Waals surface area contributed by atoms with Crippen LogP contribution < -0.4 is 0 Å². The Morgan fingerprint density at radius 2 is 1.74 bits per heavy atom. The Kier molecular flexibility index (Phi) is 4.94. The fourth-order valence-electron chi connectivity index (χ4n) is 1.42. The van der Waals surface area contributed by atoms with Gasteiger partial charge in [-0.1, -0.05) is 0 Å². The number of hydrogen-bond acceptors (Lipinski definition) is 3. The molecule has 1 aromatic rings. The zero-order chi connectivity index (χ0) is 14.8. The molecule has 0 aliphatic carbocycles. The molecule has 108 valence electrons. The third kappa shape index (κ3) is 3.68. The number of rotatable bonds is 5. The number of sulfonamides is 1. The number of aliphatic hydroxyl groups excluding tert-OH is 1. The highest BCUT2D eigenvalue weighted by Crippen LogP contribution is 2.23. The SMILES string of the molecule is CC(O)CCN(C)S(=O)(=O)c1c(F)cc(F)cc1F. The Morgan fingerprint density at radius 1 is 1.26 bits per heavy atom. The van der Waals surface area contributed by atoms with E-state index in [2.05, 4.69) is 0 Å². The van der Waals surface area contributed by atoms with Crippen molar-refractivity contribution in [3.05, 3.63) is 29.6 Å².